The molecule has 0 N–H and O–H groups in total. The Morgan fingerprint density at radius 1 is 0.838 bits per heavy atom. The standard InChI is InChI=1S/C30H38N4OS2/c1-5-7-9-11-17-34(18-12-10-8-6-2)27-16-15-25(37-27)24-13-14-26(36-24)28-23(21-33)29(22(19-31)20-32)35-30(28,3)4/h13-16,22,29H,5-12,17-18H2,1-4H3. The van der Waals surface area contributed by atoms with Gasteiger partial charge in [-0.1, -0.05) is 52.4 Å². The number of anilines is 1. The summed E-state index contributed by atoms with van der Waals surface area (Å²) in [6.45, 7) is 10.5. The van der Waals surface area contributed by atoms with Gasteiger partial charge in [-0.3, -0.25) is 0 Å². The van der Waals surface area contributed by atoms with Crippen LogP contribution in [0.5, 0.6) is 0 Å². The normalized spacial score (nSPS) is 16.5. The molecule has 5 nitrogen and oxygen atoms in total. The first-order chi connectivity index (χ1) is 17.9. The minimum absolute atomic E-state index is 0.392. The molecule has 0 aromatic carbocycles. The van der Waals surface area contributed by atoms with E-state index in [-0.39, 0.29) is 0 Å². The van der Waals surface area contributed by atoms with Crippen LogP contribution in [0.2, 0.25) is 0 Å². The highest BCUT2D eigenvalue weighted by molar-refractivity contribution is 7.24. The molecule has 2 aromatic heterocycles. The highest BCUT2D eigenvalue weighted by Crippen LogP contribution is 2.48. The summed E-state index contributed by atoms with van der Waals surface area (Å²) >= 11 is 3.48. The maximum Gasteiger partial charge on any atom is 0.164 e. The fourth-order valence-corrected chi connectivity index (χ4v) is 7.24. The Bertz CT molecular complexity index is 1160. The fraction of sp³-hybridized carbons (Fsp3) is 0.567. The van der Waals surface area contributed by atoms with E-state index in [1.54, 1.807) is 11.3 Å². The predicted molar refractivity (Wildman–Crippen MR) is 154 cm³/mol. The highest BCUT2D eigenvalue weighted by atomic mass is 32.1. The van der Waals surface area contributed by atoms with Gasteiger partial charge in [0.25, 0.3) is 0 Å². The fourth-order valence-electron chi connectivity index (χ4n) is 4.88. The monoisotopic (exact) mass is 534 g/mol. The van der Waals surface area contributed by atoms with E-state index in [1.807, 2.05) is 43.4 Å². The minimum atomic E-state index is -1.01. The second kappa shape index (κ2) is 13.8. The Labute approximate surface area is 230 Å². The molecule has 1 aliphatic heterocycles. The van der Waals surface area contributed by atoms with Crippen LogP contribution in [0.4, 0.5) is 5.00 Å². The Hall–Kier alpha value is -2.63. The van der Waals surface area contributed by atoms with E-state index in [9.17, 15) is 15.8 Å². The van der Waals surface area contributed by atoms with Crippen molar-refractivity contribution in [3.8, 4) is 28.0 Å². The smallest absolute Gasteiger partial charge is 0.164 e. The van der Waals surface area contributed by atoms with Gasteiger partial charge in [-0.2, -0.15) is 15.8 Å². The van der Waals surface area contributed by atoms with E-state index < -0.39 is 17.6 Å². The maximum absolute atomic E-state index is 9.93. The molecule has 1 atom stereocenters. The van der Waals surface area contributed by atoms with Gasteiger partial charge in [0.05, 0.1) is 34.4 Å². The van der Waals surface area contributed by atoms with Crippen molar-refractivity contribution >= 4 is 33.2 Å². The average molecular weight is 535 g/mol. The van der Waals surface area contributed by atoms with E-state index in [0.29, 0.717) is 5.57 Å². The lowest BCUT2D eigenvalue weighted by Crippen LogP contribution is -2.27. The SMILES string of the molecule is CCCCCCN(CCCCCC)c1ccc(-c2ccc(C3=C(C#N)C(C(C#N)C#N)OC3(C)C)s2)s1. The molecule has 3 rings (SSSR count). The minimum Gasteiger partial charge on any atom is -0.363 e. The van der Waals surface area contributed by atoms with Gasteiger partial charge in [0.1, 0.15) is 6.10 Å². The van der Waals surface area contributed by atoms with E-state index >= 15 is 0 Å². The van der Waals surface area contributed by atoms with Crippen LogP contribution in [-0.4, -0.2) is 24.8 Å². The molecule has 1 unspecified atom stereocenters. The second-order valence-electron chi connectivity index (χ2n) is 10.1. The Morgan fingerprint density at radius 3 is 1.97 bits per heavy atom. The largest absolute Gasteiger partial charge is 0.363 e. The van der Waals surface area contributed by atoms with Gasteiger partial charge in [-0.15, -0.1) is 22.7 Å². The van der Waals surface area contributed by atoms with Crippen LogP contribution in [0.15, 0.2) is 29.8 Å². The lowest BCUT2D eigenvalue weighted by atomic mass is 9.91. The number of hydrogen-bond donors (Lipinski definition) is 0. The van der Waals surface area contributed by atoms with Crippen molar-refractivity contribution in [2.24, 2.45) is 5.92 Å². The molecule has 1 aliphatic rings. The molecule has 0 amide bonds. The van der Waals surface area contributed by atoms with Gasteiger partial charge in [0.2, 0.25) is 0 Å². The van der Waals surface area contributed by atoms with Gasteiger partial charge in [-0.25, -0.2) is 0 Å². The number of hydrogen-bond acceptors (Lipinski definition) is 7. The molecule has 0 aliphatic carbocycles. The van der Waals surface area contributed by atoms with Gasteiger partial charge in [0.15, 0.2) is 5.92 Å². The molecule has 0 fully saturated rings. The zero-order valence-electron chi connectivity index (χ0n) is 22.5. The molecule has 37 heavy (non-hydrogen) atoms. The highest BCUT2D eigenvalue weighted by Gasteiger charge is 2.45. The van der Waals surface area contributed by atoms with Crippen molar-refractivity contribution in [1.82, 2.24) is 0 Å². The Balaban J connectivity index is 1.84. The number of thiophene rings is 2. The first-order valence-corrected chi connectivity index (χ1v) is 15.1. The maximum atomic E-state index is 9.93. The zero-order chi connectivity index (χ0) is 26.8. The van der Waals surface area contributed by atoms with Gasteiger partial charge < -0.3 is 9.64 Å². The van der Waals surface area contributed by atoms with Crippen LogP contribution >= 0.6 is 22.7 Å². The summed E-state index contributed by atoms with van der Waals surface area (Å²) < 4.78 is 6.08. The summed E-state index contributed by atoms with van der Waals surface area (Å²) in [5, 5.41) is 30.1. The number of nitriles is 3. The molecule has 0 saturated heterocycles. The molecular formula is C30H38N4OS2. The summed E-state index contributed by atoms with van der Waals surface area (Å²) in [6, 6.07) is 14.8. The van der Waals surface area contributed by atoms with E-state index in [0.717, 1.165) is 28.4 Å². The van der Waals surface area contributed by atoms with Gasteiger partial charge in [-0.05, 0) is 51.0 Å². The lowest BCUT2D eigenvalue weighted by molar-refractivity contribution is -0.00421. The molecule has 0 radical (unpaired) electrons. The Morgan fingerprint density at radius 2 is 1.41 bits per heavy atom. The first-order valence-electron chi connectivity index (χ1n) is 13.5. The van der Waals surface area contributed by atoms with Crippen LogP contribution in [0, 0.1) is 39.9 Å². The molecule has 3 heterocycles. The third kappa shape index (κ3) is 7.03. The molecule has 0 spiro atoms. The van der Waals surface area contributed by atoms with Crippen molar-refractivity contribution in [2.75, 3.05) is 18.0 Å². The van der Waals surface area contributed by atoms with Crippen LogP contribution < -0.4 is 4.90 Å². The molecular weight excluding hydrogens is 496 g/mol. The first kappa shape index (κ1) is 28.9. The molecule has 7 heteroatoms. The van der Waals surface area contributed by atoms with Gasteiger partial charge >= 0.3 is 0 Å². The number of unbranched alkanes of at least 4 members (excludes halogenated alkanes) is 6. The lowest BCUT2D eigenvalue weighted by Gasteiger charge is -2.23. The van der Waals surface area contributed by atoms with Crippen molar-refractivity contribution < 1.29 is 4.74 Å². The number of rotatable bonds is 14. The third-order valence-corrected chi connectivity index (χ3v) is 9.29. The summed E-state index contributed by atoms with van der Waals surface area (Å²) in [5.74, 6) is -1.01. The van der Waals surface area contributed by atoms with E-state index in [4.69, 9.17) is 4.74 Å². The van der Waals surface area contributed by atoms with Crippen molar-refractivity contribution in [3.63, 3.8) is 0 Å². The molecule has 0 saturated carbocycles. The van der Waals surface area contributed by atoms with Crippen molar-refractivity contribution in [2.45, 2.75) is 90.8 Å². The molecule has 0 bridgehead atoms. The summed E-state index contributed by atoms with van der Waals surface area (Å²) in [5.41, 5.74) is 0.429. The van der Waals surface area contributed by atoms with Crippen LogP contribution in [-0.2, 0) is 4.74 Å². The molecule has 2 aromatic rings. The summed E-state index contributed by atoms with van der Waals surface area (Å²) in [7, 11) is 0. The third-order valence-electron chi connectivity index (χ3n) is 6.84. The van der Waals surface area contributed by atoms with Crippen LogP contribution in [0.25, 0.3) is 15.3 Å². The van der Waals surface area contributed by atoms with Crippen LogP contribution in [0.1, 0.15) is 83.9 Å². The summed E-state index contributed by atoms with van der Waals surface area (Å²) in [4.78, 5) is 5.90. The van der Waals surface area contributed by atoms with E-state index in [2.05, 4.69) is 43.0 Å². The van der Waals surface area contributed by atoms with Crippen molar-refractivity contribution in [1.29, 1.82) is 15.8 Å². The number of nitrogens with zero attached hydrogens (tertiary/aromatic N) is 4. The van der Waals surface area contributed by atoms with Crippen molar-refractivity contribution in [3.05, 3.63) is 34.7 Å². The second-order valence-corrected chi connectivity index (χ2v) is 12.2. The van der Waals surface area contributed by atoms with Crippen LogP contribution in [0.3, 0.4) is 0 Å². The topological polar surface area (TPSA) is 83.8 Å². The average Bonchev–Trinajstić information content (AvgIpc) is 3.61. The Kier molecular flexibility index (Phi) is 10.8. The predicted octanol–water partition coefficient (Wildman–Crippen LogP) is 8.56. The summed E-state index contributed by atoms with van der Waals surface area (Å²) in [6.07, 6.45) is 9.28. The number of ether oxygens (including phenoxy) is 1. The quantitative estimate of drug-likeness (QED) is 0.227. The van der Waals surface area contributed by atoms with E-state index in [1.165, 1.54) is 61.2 Å². The molecule has 196 valence electrons. The van der Waals surface area contributed by atoms with Gasteiger partial charge in [0, 0.05) is 33.3 Å². The zero-order valence-corrected chi connectivity index (χ0v) is 24.2.